The van der Waals surface area contributed by atoms with Gasteiger partial charge in [0.05, 0.1) is 6.33 Å². The van der Waals surface area contributed by atoms with Crippen LogP contribution in [0.25, 0.3) is 11.2 Å². The van der Waals surface area contributed by atoms with Crippen LogP contribution in [0.4, 0.5) is 0 Å². The van der Waals surface area contributed by atoms with Crippen molar-refractivity contribution in [3.63, 3.8) is 0 Å². The minimum absolute atomic E-state index is 0.0875. The van der Waals surface area contributed by atoms with Gasteiger partial charge in [0, 0.05) is 6.61 Å². The quantitative estimate of drug-likeness (QED) is 0.594. The summed E-state index contributed by atoms with van der Waals surface area (Å²) in [5, 5.41) is 0. The van der Waals surface area contributed by atoms with Crippen LogP contribution < -0.4 is 0 Å². The second kappa shape index (κ2) is 4.25. The van der Waals surface area contributed by atoms with Gasteiger partial charge in [-0.3, -0.25) is 4.57 Å². The summed E-state index contributed by atoms with van der Waals surface area (Å²) in [5.74, 6) is 0. The van der Waals surface area contributed by atoms with Gasteiger partial charge in [0.25, 0.3) is 0 Å². The molecule has 0 aliphatic carbocycles. The Morgan fingerprint density at radius 2 is 2.25 bits per heavy atom. The van der Waals surface area contributed by atoms with E-state index in [1.807, 2.05) is 4.57 Å². The van der Waals surface area contributed by atoms with Gasteiger partial charge in [0.2, 0.25) is 0 Å². The number of hydrogen-bond donors (Lipinski definition) is 0. The highest BCUT2D eigenvalue weighted by atomic mass is 127. The lowest BCUT2D eigenvalue weighted by molar-refractivity contribution is -0.0298. The second-order valence-electron chi connectivity index (χ2n) is 3.81. The van der Waals surface area contributed by atoms with Crippen LogP contribution in [0, 0.1) is 3.70 Å². The molecule has 0 radical (unpaired) electrons. The second-order valence-corrected chi connectivity index (χ2v) is 4.83. The lowest BCUT2D eigenvalue weighted by Crippen LogP contribution is -2.17. The smallest absolute Gasteiger partial charge is 0.166 e. The summed E-state index contributed by atoms with van der Waals surface area (Å²) < 4.78 is 8.63. The van der Waals surface area contributed by atoms with Crippen molar-refractivity contribution in [3.05, 3.63) is 16.4 Å². The summed E-state index contributed by atoms with van der Waals surface area (Å²) in [4.78, 5) is 12.8. The van der Waals surface area contributed by atoms with Crippen LogP contribution in [-0.4, -0.2) is 26.1 Å². The number of ether oxygens (including phenoxy) is 1. The molecule has 0 spiro atoms. The third-order valence-electron chi connectivity index (χ3n) is 2.78. The zero-order valence-corrected chi connectivity index (χ0v) is 10.8. The van der Waals surface area contributed by atoms with Gasteiger partial charge in [0.1, 0.15) is 21.8 Å². The van der Waals surface area contributed by atoms with Gasteiger partial charge in [-0.2, -0.15) is 0 Å². The molecular formula is C10H11IN4O. The first-order valence-corrected chi connectivity index (χ1v) is 6.39. The lowest BCUT2D eigenvalue weighted by Gasteiger charge is -2.23. The molecule has 3 heterocycles. The molecule has 5 nitrogen and oxygen atoms in total. The van der Waals surface area contributed by atoms with E-state index < -0.39 is 0 Å². The number of halogens is 1. The van der Waals surface area contributed by atoms with Crippen molar-refractivity contribution < 1.29 is 4.74 Å². The van der Waals surface area contributed by atoms with E-state index in [1.165, 1.54) is 6.42 Å². The predicted molar refractivity (Wildman–Crippen MR) is 66.9 cm³/mol. The molecule has 0 N–H and O–H groups in total. The number of rotatable bonds is 1. The first-order valence-electron chi connectivity index (χ1n) is 5.31. The van der Waals surface area contributed by atoms with Crippen LogP contribution in [0.5, 0.6) is 0 Å². The third-order valence-corrected chi connectivity index (χ3v) is 3.57. The SMILES string of the molecule is Ic1ncnc2c1ncn2[C@@H]1CCCCO1. The molecule has 1 atom stereocenters. The van der Waals surface area contributed by atoms with Gasteiger partial charge < -0.3 is 4.74 Å². The summed E-state index contributed by atoms with van der Waals surface area (Å²) in [6.07, 6.45) is 6.85. The summed E-state index contributed by atoms with van der Waals surface area (Å²) in [5.41, 5.74) is 1.73. The maximum Gasteiger partial charge on any atom is 0.166 e. The molecule has 16 heavy (non-hydrogen) atoms. The Labute approximate surface area is 106 Å². The van der Waals surface area contributed by atoms with E-state index in [-0.39, 0.29) is 6.23 Å². The standard InChI is InChI=1S/C10H11IN4O/c11-9-8-10(13-5-12-9)15(6-14-8)7-3-1-2-4-16-7/h5-7H,1-4H2/t7-/m0/s1. The van der Waals surface area contributed by atoms with Crippen molar-refractivity contribution in [2.45, 2.75) is 25.5 Å². The van der Waals surface area contributed by atoms with E-state index in [9.17, 15) is 0 Å². The van der Waals surface area contributed by atoms with E-state index in [4.69, 9.17) is 4.74 Å². The minimum atomic E-state index is 0.0875. The highest BCUT2D eigenvalue weighted by Crippen LogP contribution is 2.26. The molecule has 0 amide bonds. The van der Waals surface area contributed by atoms with E-state index in [2.05, 4.69) is 37.5 Å². The molecule has 1 aliphatic rings. The van der Waals surface area contributed by atoms with Crippen LogP contribution in [0.3, 0.4) is 0 Å². The molecule has 6 heteroatoms. The van der Waals surface area contributed by atoms with Crippen molar-refractivity contribution in [1.29, 1.82) is 0 Å². The molecule has 0 unspecified atom stereocenters. The van der Waals surface area contributed by atoms with Gasteiger partial charge in [-0.15, -0.1) is 0 Å². The Balaban J connectivity index is 2.06. The Bertz CT molecular complexity index is 506. The van der Waals surface area contributed by atoms with Gasteiger partial charge >= 0.3 is 0 Å². The van der Waals surface area contributed by atoms with E-state index in [0.717, 1.165) is 34.3 Å². The van der Waals surface area contributed by atoms with Crippen LogP contribution in [0.15, 0.2) is 12.7 Å². The van der Waals surface area contributed by atoms with Crippen molar-refractivity contribution in [2.75, 3.05) is 6.61 Å². The summed E-state index contributed by atoms with van der Waals surface area (Å²) in [7, 11) is 0. The molecular weight excluding hydrogens is 319 g/mol. The lowest BCUT2D eigenvalue weighted by atomic mass is 10.2. The summed E-state index contributed by atoms with van der Waals surface area (Å²) in [6, 6.07) is 0. The summed E-state index contributed by atoms with van der Waals surface area (Å²) >= 11 is 2.17. The molecule has 1 fully saturated rings. The molecule has 1 aliphatic heterocycles. The van der Waals surface area contributed by atoms with Crippen molar-refractivity contribution >= 4 is 33.8 Å². The average Bonchev–Trinajstić information content (AvgIpc) is 2.75. The monoisotopic (exact) mass is 330 g/mol. The minimum Gasteiger partial charge on any atom is -0.358 e. The van der Waals surface area contributed by atoms with Gasteiger partial charge in [-0.25, -0.2) is 15.0 Å². The number of hydrogen-bond acceptors (Lipinski definition) is 4. The van der Waals surface area contributed by atoms with Crippen LogP contribution in [0.2, 0.25) is 0 Å². The Kier molecular flexibility index (Phi) is 2.76. The highest BCUT2D eigenvalue weighted by molar-refractivity contribution is 14.1. The van der Waals surface area contributed by atoms with Crippen LogP contribution >= 0.6 is 22.6 Å². The first-order chi connectivity index (χ1) is 7.86. The van der Waals surface area contributed by atoms with Crippen molar-refractivity contribution in [2.24, 2.45) is 0 Å². The molecule has 2 aromatic rings. The molecule has 0 bridgehead atoms. The van der Waals surface area contributed by atoms with Crippen molar-refractivity contribution in [3.8, 4) is 0 Å². The molecule has 1 saturated heterocycles. The maximum absolute atomic E-state index is 5.73. The molecule has 0 aromatic carbocycles. The number of nitrogens with zero attached hydrogens (tertiary/aromatic N) is 4. The van der Waals surface area contributed by atoms with E-state index in [0.29, 0.717) is 0 Å². The highest BCUT2D eigenvalue weighted by Gasteiger charge is 2.19. The average molecular weight is 330 g/mol. The Morgan fingerprint density at radius 3 is 3.06 bits per heavy atom. The van der Waals surface area contributed by atoms with Crippen LogP contribution in [0.1, 0.15) is 25.5 Å². The third kappa shape index (κ3) is 1.69. The largest absolute Gasteiger partial charge is 0.358 e. The molecule has 84 valence electrons. The number of fused-ring (bicyclic) bond motifs is 1. The fourth-order valence-electron chi connectivity index (χ4n) is 1.98. The Morgan fingerprint density at radius 1 is 1.31 bits per heavy atom. The van der Waals surface area contributed by atoms with E-state index >= 15 is 0 Å². The first kappa shape index (κ1) is 10.4. The normalized spacial score (nSPS) is 21.4. The Hall–Kier alpha value is -0.760. The molecule has 0 saturated carbocycles. The van der Waals surface area contributed by atoms with Gasteiger partial charge in [-0.05, 0) is 41.9 Å². The predicted octanol–water partition coefficient (Wildman–Crippen LogP) is 2.13. The fourth-order valence-corrected chi connectivity index (χ4v) is 2.48. The van der Waals surface area contributed by atoms with Crippen LogP contribution in [-0.2, 0) is 4.74 Å². The fraction of sp³-hybridized carbons (Fsp3) is 0.500. The number of aromatic nitrogens is 4. The maximum atomic E-state index is 5.73. The number of imidazole rings is 1. The zero-order chi connectivity index (χ0) is 11.0. The topological polar surface area (TPSA) is 52.8 Å². The van der Waals surface area contributed by atoms with E-state index in [1.54, 1.807) is 12.7 Å². The molecule has 2 aromatic heterocycles. The summed E-state index contributed by atoms with van der Waals surface area (Å²) in [6.45, 7) is 0.826. The van der Waals surface area contributed by atoms with Crippen molar-refractivity contribution in [1.82, 2.24) is 19.5 Å². The molecule has 3 rings (SSSR count). The van der Waals surface area contributed by atoms with Gasteiger partial charge in [-0.1, -0.05) is 0 Å². The van der Waals surface area contributed by atoms with Gasteiger partial charge in [0.15, 0.2) is 5.65 Å². The zero-order valence-electron chi connectivity index (χ0n) is 8.64.